The molecule has 2 rings (SSSR count). The average Bonchev–Trinajstić information content (AvgIpc) is 2.45. The van der Waals surface area contributed by atoms with E-state index in [2.05, 4.69) is 4.72 Å². The molecule has 112 valence electrons. The van der Waals surface area contributed by atoms with Gasteiger partial charge < -0.3 is 4.74 Å². The summed E-state index contributed by atoms with van der Waals surface area (Å²) in [5, 5.41) is 0.867. The third-order valence-corrected chi connectivity index (χ3v) is 4.66. The van der Waals surface area contributed by atoms with E-state index in [1.54, 1.807) is 30.3 Å². The quantitative estimate of drug-likeness (QED) is 0.902. The van der Waals surface area contributed by atoms with Crippen LogP contribution in [0.2, 0.25) is 10.0 Å². The second-order valence-corrected chi connectivity index (χ2v) is 6.86. The highest BCUT2D eigenvalue weighted by Crippen LogP contribution is 2.27. The van der Waals surface area contributed by atoms with Crippen LogP contribution in [0.15, 0.2) is 47.4 Å². The molecule has 21 heavy (non-hydrogen) atoms. The molecular weight excluding hydrogens is 333 g/mol. The zero-order valence-electron chi connectivity index (χ0n) is 11.1. The summed E-state index contributed by atoms with van der Waals surface area (Å²) in [6.45, 7) is 0.124. The van der Waals surface area contributed by atoms with Crippen LogP contribution >= 0.6 is 23.2 Å². The molecule has 0 radical (unpaired) electrons. The van der Waals surface area contributed by atoms with Gasteiger partial charge in [0.05, 0.1) is 7.11 Å². The van der Waals surface area contributed by atoms with E-state index in [0.29, 0.717) is 10.0 Å². The van der Waals surface area contributed by atoms with Crippen molar-refractivity contribution in [2.45, 2.75) is 11.4 Å². The third kappa shape index (κ3) is 4.11. The number of benzene rings is 2. The minimum absolute atomic E-state index is 0.000437. The lowest BCUT2D eigenvalue weighted by atomic mass is 10.2. The molecule has 0 fully saturated rings. The number of methoxy groups -OCH3 is 1. The summed E-state index contributed by atoms with van der Waals surface area (Å²) in [5.74, 6) is 0.234. The standard InChI is InChI=1S/C14H13Cl2NO3S/c1-20-13-6-5-12(16)8-14(13)21(18,19)17-9-10-3-2-4-11(15)7-10/h2-8,17H,9H2,1H3. The van der Waals surface area contributed by atoms with Crippen molar-refractivity contribution in [3.63, 3.8) is 0 Å². The van der Waals surface area contributed by atoms with Crippen LogP contribution in [0.3, 0.4) is 0 Å². The molecule has 0 saturated carbocycles. The van der Waals surface area contributed by atoms with E-state index < -0.39 is 10.0 Å². The Morgan fingerprint density at radius 1 is 1.10 bits per heavy atom. The molecule has 0 atom stereocenters. The van der Waals surface area contributed by atoms with Gasteiger partial charge in [0.15, 0.2) is 0 Å². The van der Waals surface area contributed by atoms with Crippen LogP contribution in [-0.2, 0) is 16.6 Å². The average molecular weight is 346 g/mol. The summed E-state index contributed by atoms with van der Waals surface area (Å²) < 4.78 is 32.2. The van der Waals surface area contributed by atoms with Crippen LogP contribution in [-0.4, -0.2) is 15.5 Å². The Labute approximate surface area is 133 Å². The fourth-order valence-corrected chi connectivity index (χ4v) is 3.42. The van der Waals surface area contributed by atoms with Crippen molar-refractivity contribution in [2.24, 2.45) is 0 Å². The van der Waals surface area contributed by atoms with Crippen molar-refractivity contribution in [2.75, 3.05) is 7.11 Å². The normalized spacial score (nSPS) is 11.4. The Bertz CT molecular complexity index is 748. The monoisotopic (exact) mass is 345 g/mol. The molecule has 0 aliphatic heterocycles. The van der Waals surface area contributed by atoms with Gasteiger partial charge in [-0.2, -0.15) is 0 Å². The number of ether oxygens (including phenoxy) is 1. The summed E-state index contributed by atoms with van der Waals surface area (Å²) in [6, 6.07) is 11.4. The maximum absolute atomic E-state index is 12.3. The van der Waals surface area contributed by atoms with E-state index in [1.807, 2.05) is 0 Å². The summed E-state index contributed by atoms with van der Waals surface area (Å²) in [5.41, 5.74) is 0.757. The molecule has 0 saturated heterocycles. The van der Waals surface area contributed by atoms with Gasteiger partial charge in [0.1, 0.15) is 10.6 Å². The highest BCUT2D eigenvalue weighted by Gasteiger charge is 2.19. The Morgan fingerprint density at radius 2 is 1.81 bits per heavy atom. The van der Waals surface area contributed by atoms with E-state index in [9.17, 15) is 8.42 Å². The second-order valence-electron chi connectivity index (χ2n) is 4.25. The number of rotatable bonds is 5. The van der Waals surface area contributed by atoms with Gasteiger partial charge in [-0.3, -0.25) is 0 Å². The van der Waals surface area contributed by atoms with Crippen molar-refractivity contribution in [1.29, 1.82) is 0 Å². The highest BCUT2D eigenvalue weighted by molar-refractivity contribution is 7.89. The van der Waals surface area contributed by atoms with E-state index in [1.165, 1.54) is 19.2 Å². The van der Waals surface area contributed by atoms with E-state index in [4.69, 9.17) is 27.9 Å². The first-order valence-electron chi connectivity index (χ1n) is 6.00. The largest absolute Gasteiger partial charge is 0.495 e. The molecule has 0 aromatic heterocycles. The first kappa shape index (κ1) is 16.1. The lowest BCUT2D eigenvalue weighted by Gasteiger charge is -2.11. The molecule has 0 unspecified atom stereocenters. The maximum Gasteiger partial charge on any atom is 0.244 e. The summed E-state index contributed by atoms with van der Waals surface area (Å²) in [7, 11) is -2.34. The maximum atomic E-state index is 12.3. The van der Waals surface area contributed by atoms with Gasteiger partial charge >= 0.3 is 0 Å². The van der Waals surface area contributed by atoms with Gasteiger partial charge in [-0.1, -0.05) is 35.3 Å². The number of hydrogen-bond acceptors (Lipinski definition) is 3. The van der Waals surface area contributed by atoms with Gasteiger partial charge in [-0.05, 0) is 35.9 Å². The molecule has 0 amide bonds. The topological polar surface area (TPSA) is 55.4 Å². The van der Waals surface area contributed by atoms with Gasteiger partial charge in [-0.15, -0.1) is 0 Å². The Morgan fingerprint density at radius 3 is 2.48 bits per heavy atom. The van der Waals surface area contributed by atoms with Crippen molar-refractivity contribution in [3.05, 3.63) is 58.1 Å². The molecule has 0 bridgehead atoms. The molecular formula is C14H13Cl2NO3S. The SMILES string of the molecule is COc1ccc(Cl)cc1S(=O)(=O)NCc1cccc(Cl)c1. The summed E-state index contributed by atoms with van der Waals surface area (Å²) in [4.78, 5) is -0.000437. The van der Waals surface area contributed by atoms with E-state index in [-0.39, 0.29) is 17.2 Å². The van der Waals surface area contributed by atoms with Gasteiger partial charge in [0.25, 0.3) is 0 Å². The van der Waals surface area contributed by atoms with Crippen LogP contribution in [0.1, 0.15) is 5.56 Å². The number of hydrogen-bond donors (Lipinski definition) is 1. The molecule has 0 aliphatic carbocycles. The Hall–Kier alpha value is -1.27. The minimum Gasteiger partial charge on any atom is -0.495 e. The highest BCUT2D eigenvalue weighted by atomic mass is 35.5. The molecule has 1 N–H and O–H groups in total. The molecule has 2 aromatic carbocycles. The van der Waals surface area contributed by atoms with Crippen LogP contribution in [0.5, 0.6) is 5.75 Å². The molecule has 7 heteroatoms. The second kappa shape index (κ2) is 6.66. The van der Waals surface area contributed by atoms with Crippen molar-refractivity contribution >= 4 is 33.2 Å². The fourth-order valence-electron chi connectivity index (χ4n) is 1.76. The van der Waals surface area contributed by atoms with Crippen molar-refractivity contribution < 1.29 is 13.2 Å². The minimum atomic E-state index is -3.74. The van der Waals surface area contributed by atoms with Gasteiger partial charge in [0.2, 0.25) is 10.0 Å². The smallest absolute Gasteiger partial charge is 0.244 e. The Kier molecular flexibility index (Phi) is 5.11. The molecule has 0 aliphatic rings. The van der Waals surface area contributed by atoms with Crippen LogP contribution in [0.25, 0.3) is 0 Å². The molecule has 0 heterocycles. The fraction of sp³-hybridized carbons (Fsp3) is 0.143. The third-order valence-electron chi connectivity index (χ3n) is 2.77. The zero-order valence-corrected chi connectivity index (χ0v) is 13.5. The lowest BCUT2D eigenvalue weighted by Crippen LogP contribution is -2.23. The zero-order chi connectivity index (χ0) is 15.5. The predicted molar refractivity (Wildman–Crippen MR) is 83.5 cm³/mol. The molecule has 4 nitrogen and oxygen atoms in total. The summed E-state index contributed by atoms with van der Waals surface area (Å²) >= 11 is 11.7. The van der Waals surface area contributed by atoms with Crippen molar-refractivity contribution in [3.8, 4) is 5.75 Å². The first-order valence-corrected chi connectivity index (χ1v) is 8.24. The Balaban J connectivity index is 2.24. The molecule has 2 aromatic rings. The van der Waals surface area contributed by atoms with E-state index >= 15 is 0 Å². The number of halogens is 2. The number of nitrogens with one attached hydrogen (secondary N) is 1. The molecule has 0 spiro atoms. The van der Waals surface area contributed by atoms with Crippen LogP contribution < -0.4 is 9.46 Å². The lowest BCUT2D eigenvalue weighted by molar-refractivity contribution is 0.402. The first-order chi connectivity index (χ1) is 9.92. The van der Waals surface area contributed by atoms with Crippen molar-refractivity contribution in [1.82, 2.24) is 4.72 Å². The summed E-state index contributed by atoms with van der Waals surface area (Å²) in [6.07, 6.45) is 0. The predicted octanol–water partition coefficient (Wildman–Crippen LogP) is 3.48. The van der Waals surface area contributed by atoms with Gasteiger partial charge in [0, 0.05) is 16.6 Å². The van der Waals surface area contributed by atoms with Gasteiger partial charge in [-0.25, -0.2) is 13.1 Å². The van der Waals surface area contributed by atoms with Crippen LogP contribution in [0.4, 0.5) is 0 Å². The number of sulfonamides is 1. The van der Waals surface area contributed by atoms with Crippen LogP contribution in [0, 0.1) is 0 Å². The van der Waals surface area contributed by atoms with E-state index in [0.717, 1.165) is 5.56 Å².